The number of carbonyl (C=O) groups excluding carboxylic acids is 1. The summed E-state index contributed by atoms with van der Waals surface area (Å²) in [7, 11) is -0.605. The van der Waals surface area contributed by atoms with E-state index in [4.69, 9.17) is 22.1 Å². The number of ether oxygens (including phenoxy) is 1. The number of hydrogen-bond acceptors (Lipinski definition) is 6. The highest BCUT2D eigenvalue weighted by molar-refractivity contribution is 8.32. The zero-order valence-corrected chi connectivity index (χ0v) is 15.1. The molecule has 0 unspecified atom stereocenters. The van der Waals surface area contributed by atoms with Gasteiger partial charge in [0.05, 0.1) is 18.8 Å². The molecule has 10 heteroatoms. The summed E-state index contributed by atoms with van der Waals surface area (Å²) in [6.07, 6.45) is 6.60. The monoisotopic (exact) mass is 365 g/mol. The van der Waals surface area contributed by atoms with E-state index in [1.807, 2.05) is 0 Å². The molecule has 0 radical (unpaired) electrons. The van der Waals surface area contributed by atoms with Gasteiger partial charge in [0, 0.05) is 12.3 Å². The van der Waals surface area contributed by atoms with E-state index in [0.717, 1.165) is 5.75 Å². The summed E-state index contributed by atoms with van der Waals surface area (Å²) in [5.74, 6) is 0.678. The highest BCUT2D eigenvalue weighted by atomic mass is 35.5. The van der Waals surface area contributed by atoms with Gasteiger partial charge in [-0.05, 0) is 30.4 Å². The quantitative estimate of drug-likeness (QED) is 0.279. The molecule has 0 aliphatic heterocycles. The van der Waals surface area contributed by atoms with E-state index in [1.54, 1.807) is 0 Å². The number of aromatic nitrogens is 2. The number of hydrogen-bond donors (Lipinski definition) is 4. The van der Waals surface area contributed by atoms with E-state index < -0.39 is 15.6 Å². The number of nitrogens with zero attached hydrogens (tertiary/aromatic N) is 1. The average molecular weight is 366 g/mol. The fraction of sp³-hybridized carbons (Fsp3) is 0.615. The van der Waals surface area contributed by atoms with Crippen LogP contribution in [0.15, 0.2) is 4.79 Å². The predicted octanol–water partition coefficient (Wildman–Crippen LogP) is 0.0782. The Hall–Kier alpha value is -1.29. The van der Waals surface area contributed by atoms with Crippen molar-refractivity contribution in [3.63, 3.8) is 0 Å². The van der Waals surface area contributed by atoms with Gasteiger partial charge >= 0.3 is 0 Å². The molecule has 0 saturated carbocycles. The normalized spacial score (nSPS) is 12.0. The largest absolute Gasteiger partial charge is 0.370 e. The molecule has 132 valence electrons. The van der Waals surface area contributed by atoms with Gasteiger partial charge in [-0.25, -0.2) is 15.0 Å². The van der Waals surface area contributed by atoms with Gasteiger partial charge in [0.25, 0.3) is 5.56 Å². The van der Waals surface area contributed by atoms with Gasteiger partial charge < -0.3 is 21.1 Å². The van der Waals surface area contributed by atoms with E-state index in [1.165, 1.54) is 0 Å². The van der Waals surface area contributed by atoms with Crippen molar-refractivity contribution in [3.05, 3.63) is 21.3 Å². The molecule has 5 N–H and O–H groups in total. The number of nitrogens with one attached hydrogen (secondary N) is 3. The minimum Gasteiger partial charge on any atom is -0.370 e. The van der Waals surface area contributed by atoms with Crippen LogP contribution >= 0.6 is 21.6 Å². The summed E-state index contributed by atoms with van der Waals surface area (Å²) in [4.78, 5) is 29.7. The first kappa shape index (κ1) is 19.8. The molecule has 1 heterocycles. The molecule has 0 aliphatic carbocycles. The topological polar surface area (TPSA) is 122 Å². The molecule has 23 heavy (non-hydrogen) atoms. The van der Waals surface area contributed by atoms with Gasteiger partial charge in [0.1, 0.15) is 12.4 Å². The second kappa shape index (κ2) is 9.11. The molecule has 0 spiro atoms. The number of H-pyrrole nitrogens is 1. The lowest BCUT2D eigenvalue weighted by molar-refractivity contribution is -0.121. The Bertz CT molecular complexity index is 588. The Balaban J connectivity index is 2.38. The van der Waals surface area contributed by atoms with Crippen LogP contribution in [0.25, 0.3) is 0 Å². The molecular weight excluding hydrogens is 342 g/mol. The Kier molecular flexibility index (Phi) is 7.83. The molecular formula is C13H24ClN5O3S. The molecule has 0 aromatic carbocycles. The van der Waals surface area contributed by atoms with Gasteiger partial charge in [-0.1, -0.05) is 0 Å². The lowest BCUT2D eigenvalue weighted by atomic mass is 10.3. The first-order chi connectivity index (χ1) is 10.7. The van der Waals surface area contributed by atoms with E-state index in [-0.39, 0.29) is 36.7 Å². The van der Waals surface area contributed by atoms with Crippen molar-refractivity contribution in [2.24, 2.45) is 5.73 Å². The van der Waals surface area contributed by atoms with Gasteiger partial charge in [-0.15, -0.1) is 0 Å². The standard InChI is InChI=1S/C13H24ClN5O3S/c1-23(2,3)5-4-22-8-17-10(20)7-16-11-9(6-15)18-13(14)19-12(11)21/h16H,4-8,15H2,1-3H3,(H,17,20)(H,18,19,21). The highest BCUT2D eigenvalue weighted by Gasteiger charge is 2.11. The zero-order valence-electron chi connectivity index (χ0n) is 13.6. The second-order valence-electron chi connectivity index (χ2n) is 5.68. The molecule has 0 atom stereocenters. The summed E-state index contributed by atoms with van der Waals surface area (Å²) < 4.78 is 5.36. The maximum absolute atomic E-state index is 11.8. The van der Waals surface area contributed by atoms with Crippen molar-refractivity contribution < 1.29 is 9.53 Å². The van der Waals surface area contributed by atoms with Crippen molar-refractivity contribution in [3.8, 4) is 0 Å². The molecule has 0 bridgehead atoms. The number of amides is 1. The van der Waals surface area contributed by atoms with Crippen LogP contribution in [0.2, 0.25) is 5.28 Å². The number of halogens is 1. The first-order valence-electron chi connectivity index (χ1n) is 6.96. The molecule has 0 aliphatic rings. The molecule has 8 nitrogen and oxygen atoms in total. The van der Waals surface area contributed by atoms with Crippen molar-refractivity contribution in [1.82, 2.24) is 15.3 Å². The molecule has 1 aromatic heterocycles. The van der Waals surface area contributed by atoms with Crippen LogP contribution in [0, 0.1) is 0 Å². The summed E-state index contributed by atoms with van der Waals surface area (Å²) in [6, 6.07) is 0. The van der Waals surface area contributed by atoms with Gasteiger partial charge in [0.15, 0.2) is 0 Å². The average Bonchev–Trinajstić information content (AvgIpc) is 2.43. The highest BCUT2D eigenvalue weighted by Crippen LogP contribution is 2.33. The fourth-order valence-electron chi connectivity index (χ4n) is 1.56. The van der Waals surface area contributed by atoms with E-state index in [9.17, 15) is 9.59 Å². The van der Waals surface area contributed by atoms with Gasteiger partial charge in [-0.2, -0.15) is 0 Å². The van der Waals surface area contributed by atoms with Crippen LogP contribution in [0.1, 0.15) is 5.69 Å². The third kappa shape index (κ3) is 7.69. The van der Waals surface area contributed by atoms with Crippen LogP contribution in [-0.2, 0) is 16.1 Å². The summed E-state index contributed by atoms with van der Waals surface area (Å²) in [5, 5.41) is 5.28. The van der Waals surface area contributed by atoms with Crippen LogP contribution in [0.4, 0.5) is 5.69 Å². The summed E-state index contributed by atoms with van der Waals surface area (Å²) in [5.41, 5.74) is 5.49. The van der Waals surface area contributed by atoms with E-state index >= 15 is 0 Å². The van der Waals surface area contributed by atoms with Gasteiger partial charge in [0.2, 0.25) is 11.2 Å². The lowest BCUT2D eigenvalue weighted by Gasteiger charge is -2.24. The third-order valence-electron chi connectivity index (χ3n) is 2.80. The SMILES string of the molecule is CS(C)(C)CCOCNC(=O)CNc1c(CN)nc(Cl)[nH]c1=O. The van der Waals surface area contributed by atoms with Crippen molar-refractivity contribution >= 4 is 33.2 Å². The van der Waals surface area contributed by atoms with Crippen LogP contribution in [0.5, 0.6) is 0 Å². The number of aromatic amines is 1. The summed E-state index contributed by atoms with van der Waals surface area (Å²) >= 11 is 5.65. The number of nitrogens with two attached hydrogens (primary N) is 1. The molecule has 1 rings (SSSR count). The Labute approximate surface area is 141 Å². The smallest absolute Gasteiger partial charge is 0.275 e. The third-order valence-corrected chi connectivity index (χ3v) is 4.37. The minimum absolute atomic E-state index is 0.0336. The Morgan fingerprint density at radius 3 is 2.74 bits per heavy atom. The number of anilines is 1. The fourth-order valence-corrected chi connectivity index (χ4v) is 2.37. The zero-order chi connectivity index (χ0) is 17.5. The number of rotatable bonds is 9. The lowest BCUT2D eigenvalue weighted by Crippen LogP contribution is -2.33. The maximum Gasteiger partial charge on any atom is 0.275 e. The minimum atomic E-state index is -0.605. The molecule has 1 amide bonds. The molecule has 0 saturated heterocycles. The Morgan fingerprint density at radius 1 is 1.43 bits per heavy atom. The van der Waals surface area contributed by atoms with Crippen molar-refractivity contribution in [1.29, 1.82) is 0 Å². The summed E-state index contributed by atoms with van der Waals surface area (Å²) in [6.45, 7) is 0.679. The van der Waals surface area contributed by atoms with E-state index in [0.29, 0.717) is 12.3 Å². The molecule has 0 fully saturated rings. The van der Waals surface area contributed by atoms with Crippen LogP contribution < -0.4 is 21.9 Å². The first-order valence-corrected chi connectivity index (χ1v) is 10.4. The van der Waals surface area contributed by atoms with E-state index in [2.05, 4.69) is 39.4 Å². The van der Waals surface area contributed by atoms with Crippen LogP contribution in [0.3, 0.4) is 0 Å². The van der Waals surface area contributed by atoms with Crippen molar-refractivity contribution in [2.45, 2.75) is 6.54 Å². The predicted molar refractivity (Wildman–Crippen MR) is 95.4 cm³/mol. The maximum atomic E-state index is 11.8. The van der Waals surface area contributed by atoms with Gasteiger partial charge in [-0.3, -0.25) is 14.6 Å². The van der Waals surface area contributed by atoms with Crippen LogP contribution in [-0.4, -0.2) is 60.3 Å². The second-order valence-corrected chi connectivity index (χ2v) is 10.6. The Morgan fingerprint density at radius 2 is 2.13 bits per heavy atom. The molecule has 1 aromatic rings. The number of carbonyl (C=O) groups is 1. The van der Waals surface area contributed by atoms with Crippen molar-refractivity contribution in [2.75, 3.05) is 49.7 Å².